The van der Waals surface area contributed by atoms with Gasteiger partial charge >= 0.3 is 6.18 Å². The molecule has 1 saturated carbocycles. The van der Waals surface area contributed by atoms with Crippen molar-refractivity contribution < 1.29 is 22.7 Å². The number of morpholine rings is 1. The minimum Gasteiger partial charge on any atom is -0.377 e. The summed E-state index contributed by atoms with van der Waals surface area (Å²) in [5, 5.41) is 12.4. The van der Waals surface area contributed by atoms with E-state index in [1.165, 1.54) is 4.90 Å². The van der Waals surface area contributed by atoms with Gasteiger partial charge < -0.3 is 14.5 Å². The van der Waals surface area contributed by atoms with Crippen molar-refractivity contribution in [1.82, 2.24) is 29.9 Å². The van der Waals surface area contributed by atoms with Crippen molar-refractivity contribution in [3.63, 3.8) is 0 Å². The number of H-pyrrole nitrogens is 1. The van der Waals surface area contributed by atoms with E-state index in [9.17, 15) is 18.0 Å². The number of carbonyl (C=O) groups is 1. The van der Waals surface area contributed by atoms with Crippen LogP contribution in [-0.2, 0) is 22.5 Å². The number of rotatable bonds is 3. The van der Waals surface area contributed by atoms with Crippen LogP contribution >= 0.6 is 0 Å². The van der Waals surface area contributed by atoms with Crippen LogP contribution in [0.25, 0.3) is 16.9 Å². The quantitative estimate of drug-likeness (QED) is 0.626. The van der Waals surface area contributed by atoms with E-state index in [4.69, 9.17) is 14.8 Å². The molecular formula is C22H24F3N7O2. The number of carbonyl (C=O) groups excluding carboxylic acids is 1. The Balaban J connectivity index is 1.46. The first kappa shape index (κ1) is 21.4. The summed E-state index contributed by atoms with van der Waals surface area (Å²) in [7, 11) is 0. The van der Waals surface area contributed by atoms with Crippen molar-refractivity contribution in [2.24, 2.45) is 5.41 Å². The number of aromatic nitrogens is 5. The minimum atomic E-state index is -4.54. The first-order chi connectivity index (χ1) is 16.3. The molecule has 0 unspecified atom stereocenters. The Hall–Kier alpha value is -3.15. The van der Waals surface area contributed by atoms with Crippen molar-refractivity contribution in [3.05, 3.63) is 29.6 Å². The third-order valence-electron chi connectivity index (χ3n) is 7.12. The molecule has 1 aliphatic carbocycles. The number of ether oxygens (including phenoxy) is 1. The highest BCUT2D eigenvalue weighted by Gasteiger charge is 2.69. The Labute approximate surface area is 192 Å². The molecule has 0 spiro atoms. The average molecular weight is 475 g/mol. The summed E-state index contributed by atoms with van der Waals surface area (Å²) in [5.74, 6) is 0.499. The molecule has 9 nitrogen and oxygen atoms in total. The van der Waals surface area contributed by atoms with E-state index in [0.29, 0.717) is 49.2 Å². The highest BCUT2D eigenvalue weighted by Crippen LogP contribution is 2.58. The van der Waals surface area contributed by atoms with Crippen LogP contribution in [0, 0.1) is 5.41 Å². The van der Waals surface area contributed by atoms with E-state index < -0.39 is 17.5 Å². The molecule has 3 aromatic heterocycles. The molecule has 2 aliphatic heterocycles. The number of nitrogens with one attached hydrogen (secondary N) is 1. The Morgan fingerprint density at radius 1 is 1.29 bits per heavy atom. The Bertz CT molecular complexity index is 1250. The van der Waals surface area contributed by atoms with Gasteiger partial charge in [-0.1, -0.05) is 0 Å². The first-order valence-electron chi connectivity index (χ1n) is 11.4. The van der Waals surface area contributed by atoms with E-state index in [1.54, 1.807) is 16.9 Å². The molecule has 6 rings (SSSR count). The molecule has 1 amide bonds. The molecule has 1 atom stereocenters. The van der Waals surface area contributed by atoms with E-state index in [1.807, 2.05) is 13.0 Å². The van der Waals surface area contributed by atoms with Crippen molar-refractivity contribution in [2.45, 2.75) is 44.9 Å². The van der Waals surface area contributed by atoms with E-state index >= 15 is 0 Å². The third-order valence-corrected chi connectivity index (χ3v) is 7.12. The lowest BCUT2D eigenvalue weighted by molar-refractivity contribution is -0.198. The van der Waals surface area contributed by atoms with Gasteiger partial charge in [0.05, 0.1) is 31.1 Å². The zero-order valence-corrected chi connectivity index (χ0v) is 18.6. The van der Waals surface area contributed by atoms with Gasteiger partial charge in [0.1, 0.15) is 11.2 Å². The molecule has 2 fully saturated rings. The van der Waals surface area contributed by atoms with E-state index in [2.05, 4.69) is 15.1 Å². The highest BCUT2D eigenvalue weighted by molar-refractivity contribution is 5.89. The van der Waals surface area contributed by atoms with Crippen molar-refractivity contribution in [1.29, 1.82) is 0 Å². The smallest absolute Gasteiger partial charge is 0.377 e. The highest BCUT2D eigenvalue weighted by atomic mass is 19.4. The number of alkyl halides is 3. The fraction of sp³-hybridized carbons (Fsp3) is 0.545. The lowest BCUT2D eigenvalue weighted by Crippen LogP contribution is -2.45. The fourth-order valence-corrected chi connectivity index (χ4v) is 5.05. The molecule has 1 N–H and O–H groups in total. The number of hydrogen-bond acceptors (Lipinski definition) is 6. The second-order valence-electron chi connectivity index (χ2n) is 9.31. The van der Waals surface area contributed by atoms with Crippen LogP contribution in [0.1, 0.15) is 31.0 Å². The number of amides is 1. The van der Waals surface area contributed by atoms with Crippen LogP contribution in [0.2, 0.25) is 0 Å². The number of hydrogen-bond donors (Lipinski definition) is 1. The SMILES string of the molecule is C[C@@H]1COCCN1c1cc2c3c(nn(-c4ccn[nH]4)c3n1)CCN(C(=O)C1(C(F)(F)F)CC1)C2. The van der Waals surface area contributed by atoms with Crippen LogP contribution in [0.3, 0.4) is 0 Å². The molecule has 3 aromatic rings. The fourth-order valence-electron chi connectivity index (χ4n) is 5.05. The third kappa shape index (κ3) is 3.18. The largest absolute Gasteiger partial charge is 0.403 e. The molecule has 5 heterocycles. The molecular weight excluding hydrogens is 451 g/mol. The number of aromatic amines is 1. The average Bonchev–Trinajstić information content (AvgIpc) is 3.37. The Morgan fingerprint density at radius 2 is 2.12 bits per heavy atom. The number of nitrogens with zero attached hydrogens (tertiary/aromatic N) is 6. The van der Waals surface area contributed by atoms with Crippen LogP contribution in [0.4, 0.5) is 19.0 Å². The predicted octanol–water partition coefficient (Wildman–Crippen LogP) is 2.60. The second kappa shape index (κ2) is 7.42. The molecule has 180 valence electrons. The zero-order chi connectivity index (χ0) is 23.7. The maximum absolute atomic E-state index is 13.7. The lowest BCUT2D eigenvalue weighted by atomic mass is 10.0. The van der Waals surface area contributed by atoms with Gasteiger partial charge in [-0.05, 0) is 31.4 Å². The Morgan fingerprint density at radius 3 is 2.79 bits per heavy atom. The number of anilines is 1. The summed E-state index contributed by atoms with van der Waals surface area (Å²) in [6, 6.07) is 3.76. The summed E-state index contributed by atoms with van der Waals surface area (Å²) in [5.41, 5.74) is -0.181. The molecule has 0 radical (unpaired) electrons. The normalized spacial score (nSPS) is 22.2. The minimum absolute atomic E-state index is 0.0809. The van der Waals surface area contributed by atoms with Crippen LogP contribution in [-0.4, -0.2) is 74.3 Å². The van der Waals surface area contributed by atoms with Gasteiger partial charge in [0.25, 0.3) is 0 Å². The van der Waals surface area contributed by atoms with Crippen LogP contribution in [0.5, 0.6) is 0 Å². The summed E-state index contributed by atoms with van der Waals surface area (Å²) < 4.78 is 48.3. The Kier molecular flexibility index (Phi) is 4.67. The van der Waals surface area contributed by atoms with Crippen LogP contribution < -0.4 is 4.90 Å². The van der Waals surface area contributed by atoms with Crippen molar-refractivity contribution >= 4 is 22.8 Å². The van der Waals surface area contributed by atoms with E-state index in [0.717, 1.165) is 10.9 Å². The summed E-state index contributed by atoms with van der Waals surface area (Å²) in [6.07, 6.45) is -2.87. The molecule has 34 heavy (non-hydrogen) atoms. The van der Waals surface area contributed by atoms with Gasteiger partial charge in [0, 0.05) is 37.5 Å². The topological polar surface area (TPSA) is 92.2 Å². The van der Waals surface area contributed by atoms with Gasteiger partial charge in [-0.25, -0.2) is 4.98 Å². The summed E-state index contributed by atoms with van der Waals surface area (Å²) >= 11 is 0. The summed E-state index contributed by atoms with van der Waals surface area (Å²) in [6.45, 7) is 4.05. The monoisotopic (exact) mass is 475 g/mol. The van der Waals surface area contributed by atoms with Gasteiger partial charge in [-0.15, -0.1) is 0 Å². The standard InChI is InChI=1S/C22H24F3N7O2/c1-13-12-34-9-8-31(13)17-10-14-11-30(20(33)21(4-5-21)22(23,24)25)7-3-15-18(14)19(27-17)32(29-15)16-2-6-26-28-16/h2,6,10,13H,3-5,7-9,11-12H2,1H3,(H,26,28)/t13-/m1/s1. The predicted molar refractivity (Wildman–Crippen MR) is 115 cm³/mol. The van der Waals surface area contributed by atoms with Crippen LogP contribution in [0.15, 0.2) is 18.3 Å². The molecule has 3 aliphatic rings. The van der Waals surface area contributed by atoms with Gasteiger partial charge in [0.15, 0.2) is 11.5 Å². The van der Waals surface area contributed by atoms with E-state index in [-0.39, 0.29) is 32.0 Å². The van der Waals surface area contributed by atoms with Crippen molar-refractivity contribution in [2.75, 3.05) is 31.2 Å². The van der Waals surface area contributed by atoms with Gasteiger partial charge in [-0.2, -0.15) is 28.1 Å². The molecule has 1 saturated heterocycles. The number of halogens is 3. The van der Waals surface area contributed by atoms with Gasteiger partial charge in [-0.3, -0.25) is 9.89 Å². The lowest BCUT2D eigenvalue weighted by Gasteiger charge is -2.34. The van der Waals surface area contributed by atoms with Gasteiger partial charge in [0.2, 0.25) is 5.91 Å². The maximum Gasteiger partial charge on any atom is 0.403 e. The first-order valence-corrected chi connectivity index (χ1v) is 11.4. The zero-order valence-electron chi connectivity index (χ0n) is 18.6. The number of pyridine rings is 1. The second-order valence-corrected chi connectivity index (χ2v) is 9.31. The van der Waals surface area contributed by atoms with Crippen molar-refractivity contribution in [3.8, 4) is 5.82 Å². The molecule has 0 bridgehead atoms. The summed E-state index contributed by atoms with van der Waals surface area (Å²) in [4.78, 5) is 21.5. The maximum atomic E-state index is 13.7. The molecule has 0 aromatic carbocycles. The molecule has 12 heteroatoms.